The number of likely N-dealkylation sites (tertiary alicyclic amines) is 1. The number of piperidine rings is 1. The van der Waals surface area contributed by atoms with Crippen LogP contribution in [0.15, 0.2) is 36.4 Å². The Morgan fingerprint density at radius 1 is 0.968 bits per heavy atom. The molecule has 0 radical (unpaired) electrons. The van der Waals surface area contributed by atoms with E-state index in [4.69, 9.17) is 18.9 Å². The van der Waals surface area contributed by atoms with Crippen LogP contribution in [0.3, 0.4) is 0 Å². The number of ketones is 1. The third kappa shape index (κ3) is 4.45. The maximum absolute atomic E-state index is 13.0. The Balaban J connectivity index is 1.39. The smallest absolute Gasteiger partial charge is 0.253 e. The number of carbonyl (C=O) groups excluding carboxylic acids is 2. The van der Waals surface area contributed by atoms with Crippen LogP contribution in [-0.2, 0) is 0 Å². The first-order valence-electron chi connectivity index (χ1n) is 10.6. The number of carbonyl (C=O) groups is 2. The average Bonchev–Trinajstić information content (AvgIpc) is 2.83. The molecule has 7 heteroatoms. The summed E-state index contributed by atoms with van der Waals surface area (Å²) in [6, 6.07) is 10.6. The molecule has 4 rings (SSSR count). The zero-order valence-electron chi connectivity index (χ0n) is 17.9. The van der Waals surface area contributed by atoms with E-state index in [0.29, 0.717) is 79.9 Å². The zero-order chi connectivity index (χ0) is 21.8. The molecule has 1 amide bonds. The van der Waals surface area contributed by atoms with Gasteiger partial charge < -0.3 is 23.8 Å². The van der Waals surface area contributed by atoms with Gasteiger partial charge in [0.2, 0.25) is 0 Å². The van der Waals surface area contributed by atoms with Crippen molar-refractivity contribution in [3.05, 3.63) is 47.5 Å². The molecule has 164 valence electrons. The lowest BCUT2D eigenvalue weighted by molar-refractivity contribution is 0.0650. The fraction of sp³-hybridized carbons (Fsp3) is 0.417. The zero-order valence-corrected chi connectivity index (χ0v) is 17.9. The topological polar surface area (TPSA) is 74.3 Å². The molecule has 0 saturated carbocycles. The van der Waals surface area contributed by atoms with Crippen molar-refractivity contribution in [2.24, 2.45) is 5.92 Å². The first kappa shape index (κ1) is 21.0. The number of Topliss-reactive ketones (excluding diaryl/α,β-unsaturated/α-hetero) is 1. The first-order valence-corrected chi connectivity index (χ1v) is 10.6. The predicted octanol–water partition coefficient (Wildman–Crippen LogP) is 3.60. The van der Waals surface area contributed by atoms with Crippen molar-refractivity contribution >= 4 is 11.7 Å². The molecule has 1 saturated heterocycles. The average molecular weight is 425 g/mol. The summed E-state index contributed by atoms with van der Waals surface area (Å²) >= 11 is 0. The number of fused-ring (bicyclic) bond motifs is 1. The van der Waals surface area contributed by atoms with Crippen LogP contribution in [0.25, 0.3) is 0 Å². The van der Waals surface area contributed by atoms with Crippen LogP contribution in [0, 0.1) is 5.92 Å². The number of ether oxygens (including phenoxy) is 4. The molecule has 7 nitrogen and oxygen atoms in total. The highest BCUT2D eigenvalue weighted by Gasteiger charge is 2.29. The second-order valence-electron chi connectivity index (χ2n) is 7.59. The van der Waals surface area contributed by atoms with Crippen molar-refractivity contribution in [3.63, 3.8) is 0 Å². The Bertz CT molecular complexity index is 965. The number of nitrogens with zero attached hydrogens (tertiary/aromatic N) is 1. The van der Waals surface area contributed by atoms with Crippen LogP contribution >= 0.6 is 0 Å². The number of benzene rings is 2. The lowest BCUT2D eigenvalue weighted by atomic mass is 9.88. The summed E-state index contributed by atoms with van der Waals surface area (Å²) in [7, 11) is 1.56. The van der Waals surface area contributed by atoms with Crippen molar-refractivity contribution < 1.29 is 28.5 Å². The van der Waals surface area contributed by atoms with Crippen LogP contribution in [0.4, 0.5) is 0 Å². The highest BCUT2D eigenvalue weighted by molar-refractivity contribution is 5.99. The fourth-order valence-electron chi connectivity index (χ4n) is 4.04. The maximum atomic E-state index is 13.0. The molecule has 0 aliphatic carbocycles. The molecule has 2 aromatic rings. The molecule has 0 N–H and O–H groups in total. The molecule has 2 heterocycles. The quantitative estimate of drug-likeness (QED) is 0.659. The van der Waals surface area contributed by atoms with E-state index < -0.39 is 0 Å². The number of amides is 1. The van der Waals surface area contributed by atoms with E-state index in [1.54, 1.807) is 48.4 Å². The molecule has 2 aromatic carbocycles. The minimum atomic E-state index is -0.110. The van der Waals surface area contributed by atoms with Crippen LogP contribution in [0.1, 0.15) is 40.5 Å². The Morgan fingerprint density at radius 3 is 2.39 bits per heavy atom. The number of methoxy groups -OCH3 is 1. The predicted molar refractivity (Wildman–Crippen MR) is 115 cm³/mol. The van der Waals surface area contributed by atoms with E-state index in [0.717, 1.165) is 0 Å². The van der Waals surface area contributed by atoms with Crippen LogP contribution in [-0.4, -0.2) is 56.6 Å². The summed E-state index contributed by atoms with van der Waals surface area (Å²) in [5, 5.41) is 0. The van der Waals surface area contributed by atoms with Crippen LogP contribution < -0.4 is 18.9 Å². The summed E-state index contributed by atoms with van der Waals surface area (Å²) in [4.78, 5) is 27.7. The van der Waals surface area contributed by atoms with Gasteiger partial charge in [0.15, 0.2) is 28.8 Å². The van der Waals surface area contributed by atoms with Gasteiger partial charge in [0.1, 0.15) is 13.2 Å². The third-order valence-corrected chi connectivity index (χ3v) is 5.69. The number of rotatable bonds is 6. The van der Waals surface area contributed by atoms with Gasteiger partial charge in [0, 0.05) is 30.1 Å². The normalized spacial score (nSPS) is 16.0. The Morgan fingerprint density at radius 2 is 1.68 bits per heavy atom. The van der Waals surface area contributed by atoms with Crippen LogP contribution in [0.5, 0.6) is 23.0 Å². The molecule has 0 unspecified atom stereocenters. The first-order chi connectivity index (χ1) is 15.1. The van der Waals surface area contributed by atoms with Gasteiger partial charge in [-0.15, -0.1) is 0 Å². The lowest BCUT2D eigenvalue weighted by Gasteiger charge is -2.31. The lowest BCUT2D eigenvalue weighted by Crippen LogP contribution is -2.40. The SMILES string of the molecule is CCOc1ccc(C(=O)N2CCC(C(=O)c3ccc4c(c3)OCCO4)CC2)cc1OC. The van der Waals surface area contributed by atoms with E-state index in [1.807, 2.05) is 6.92 Å². The van der Waals surface area contributed by atoms with E-state index in [1.165, 1.54) is 0 Å². The molecule has 0 aromatic heterocycles. The minimum Gasteiger partial charge on any atom is -0.493 e. The van der Waals surface area contributed by atoms with E-state index in [9.17, 15) is 9.59 Å². The summed E-state index contributed by atoms with van der Waals surface area (Å²) < 4.78 is 22.0. The summed E-state index contributed by atoms with van der Waals surface area (Å²) in [6.07, 6.45) is 1.26. The van der Waals surface area contributed by atoms with Gasteiger partial charge in [0.05, 0.1) is 13.7 Å². The highest BCUT2D eigenvalue weighted by atomic mass is 16.6. The van der Waals surface area contributed by atoms with Gasteiger partial charge in [-0.25, -0.2) is 0 Å². The molecular formula is C24H27NO6. The van der Waals surface area contributed by atoms with Gasteiger partial charge in [-0.05, 0) is 56.2 Å². The summed E-state index contributed by atoms with van der Waals surface area (Å²) in [6.45, 7) is 4.50. The van der Waals surface area contributed by atoms with Gasteiger partial charge >= 0.3 is 0 Å². The van der Waals surface area contributed by atoms with Crippen molar-refractivity contribution in [2.45, 2.75) is 19.8 Å². The molecule has 2 aliphatic rings. The second kappa shape index (κ2) is 9.29. The largest absolute Gasteiger partial charge is 0.493 e. The maximum Gasteiger partial charge on any atom is 0.253 e. The fourth-order valence-corrected chi connectivity index (χ4v) is 4.04. The van der Waals surface area contributed by atoms with Gasteiger partial charge in [-0.3, -0.25) is 9.59 Å². The molecular weight excluding hydrogens is 398 g/mol. The third-order valence-electron chi connectivity index (χ3n) is 5.69. The Labute approximate surface area is 181 Å². The molecule has 2 aliphatic heterocycles. The second-order valence-corrected chi connectivity index (χ2v) is 7.59. The molecule has 0 spiro atoms. The molecule has 0 bridgehead atoms. The monoisotopic (exact) mass is 425 g/mol. The molecule has 31 heavy (non-hydrogen) atoms. The van der Waals surface area contributed by atoms with Crippen molar-refractivity contribution in [1.82, 2.24) is 4.90 Å². The number of hydrogen-bond acceptors (Lipinski definition) is 6. The standard InChI is InChI=1S/C24H27NO6/c1-3-29-19-7-5-18(15-21(19)28-2)24(27)25-10-8-16(9-11-25)23(26)17-4-6-20-22(14-17)31-13-12-30-20/h4-7,14-16H,3,8-13H2,1-2H3. The Kier molecular flexibility index (Phi) is 6.30. The van der Waals surface area contributed by atoms with Crippen molar-refractivity contribution in [3.8, 4) is 23.0 Å². The Hall–Kier alpha value is -3.22. The molecule has 0 atom stereocenters. The van der Waals surface area contributed by atoms with Crippen molar-refractivity contribution in [2.75, 3.05) is 40.0 Å². The van der Waals surface area contributed by atoms with Crippen molar-refractivity contribution in [1.29, 1.82) is 0 Å². The van der Waals surface area contributed by atoms with E-state index in [2.05, 4.69) is 0 Å². The summed E-state index contributed by atoms with van der Waals surface area (Å²) in [5.41, 5.74) is 1.18. The number of hydrogen-bond donors (Lipinski definition) is 0. The molecule has 1 fully saturated rings. The van der Waals surface area contributed by atoms with Gasteiger partial charge in [0.25, 0.3) is 5.91 Å². The van der Waals surface area contributed by atoms with Crippen LogP contribution in [0.2, 0.25) is 0 Å². The van der Waals surface area contributed by atoms with E-state index in [-0.39, 0.29) is 17.6 Å². The summed E-state index contributed by atoms with van der Waals surface area (Å²) in [5.74, 6) is 2.37. The minimum absolute atomic E-state index is 0.0634. The van der Waals surface area contributed by atoms with E-state index >= 15 is 0 Å². The van der Waals surface area contributed by atoms with Gasteiger partial charge in [-0.2, -0.15) is 0 Å². The highest BCUT2D eigenvalue weighted by Crippen LogP contribution is 2.33. The van der Waals surface area contributed by atoms with Gasteiger partial charge in [-0.1, -0.05) is 0 Å².